The minimum Gasteiger partial charge on any atom is -0.364 e. The maximum absolute atomic E-state index is 13.6. The van der Waals surface area contributed by atoms with Crippen molar-refractivity contribution in [2.24, 2.45) is 17.1 Å². The molecule has 1 aromatic rings. The molecule has 0 saturated heterocycles. The van der Waals surface area contributed by atoms with E-state index in [0.717, 1.165) is 25.1 Å². The van der Waals surface area contributed by atoms with Crippen molar-refractivity contribution in [2.75, 3.05) is 18.0 Å². The van der Waals surface area contributed by atoms with Crippen LogP contribution in [0.4, 0.5) is 10.1 Å². The maximum Gasteiger partial charge on any atom is 0.125 e. The van der Waals surface area contributed by atoms with Crippen LogP contribution in [-0.2, 0) is 0 Å². The second kappa shape index (κ2) is 5.36. The van der Waals surface area contributed by atoms with Crippen LogP contribution in [-0.4, -0.2) is 18.6 Å². The standard InChI is InChI=1S/C17H27FN2/c1-5-20(15-8-6-7-14(18)9-15)17(12-19)11-16(3,4)10-13(17)2/h6-9,13H,5,10-12,19H2,1-4H3. The Kier molecular flexibility index (Phi) is 4.10. The monoisotopic (exact) mass is 278 g/mol. The van der Waals surface area contributed by atoms with Crippen LogP contribution < -0.4 is 10.6 Å². The summed E-state index contributed by atoms with van der Waals surface area (Å²) in [6.07, 6.45) is 2.22. The average Bonchev–Trinajstić information content (AvgIpc) is 2.61. The molecule has 20 heavy (non-hydrogen) atoms. The largest absolute Gasteiger partial charge is 0.364 e. The molecule has 0 aromatic heterocycles. The summed E-state index contributed by atoms with van der Waals surface area (Å²) in [5.41, 5.74) is 7.37. The van der Waals surface area contributed by atoms with E-state index in [1.165, 1.54) is 6.07 Å². The van der Waals surface area contributed by atoms with Crippen molar-refractivity contribution in [3.63, 3.8) is 0 Å². The fourth-order valence-corrected chi connectivity index (χ4v) is 4.24. The van der Waals surface area contributed by atoms with E-state index in [4.69, 9.17) is 5.73 Å². The molecular formula is C17H27FN2. The minimum atomic E-state index is -0.182. The summed E-state index contributed by atoms with van der Waals surface area (Å²) in [5.74, 6) is 0.323. The Morgan fingerprint density at radius 1 is 1.40 bits per heavy atom. The fraction of sp³-hybridized carbons (Fsp3) is 0.647. The summed E-state index contributed by atoms with van der Waals surface area (Å²) < 4.78 is 13.6. The molecule has 0 amide bonds. The molecule has 112 valence electrons. The second-order valence-electron chi connectivity index (χ2n) is 6.98. The normalized spacial score (nSPS) is 28.6. The van der Waals surface area contributed by atoms with E-state index >= 15 is 0 Å². The van der Waals surface area contributed by atoms with Gasteiger partial charge in [0.1, 0.15) is 5.82 Å². The van der Waals surface area contributed by atoms with Crippen LogP contribution in [0.1, 0.15) is 40.5 Å². The zero-order valence-corrected chi connectivity index (χ0v) is 13.1. The van der Waals surface area contributed by atoms with Crippen molar-refractivity contribution in [1.82, 2.24) is 0 Å². The topological polar surface area (TPSA) is 29.3 Å². The van der Waals surface area contributed by atoms with Gasteiger partial charge in [0.15, 0.2) is 0 Å². The molecule has 3 heteroatoms. The quantitative estimate of drug-likeness (QED) is 0.907. The fourth-order valence-electron chi connectivity index (χ4n) is 4.24. The van der Waals surface area contributed by atoms with Crippen LogP contribution in [0.5, 0.6) is 0 Å². The highest BCUT2D eigenvalue weighted by atomic mass is 19.1. The van der Waals surface area contributed by atoms with Gasteiger partial charge in [-0.05, 0) is 49.3 Å². The molecule has 0 radical (unpaired) electrons. The summed E-state index contributed by atoms with van der Waals surface area (Å²) in [4.78, 5) is 2.31. The van der Waals surface area contributed by atoms with Gasteiger partial charge in [-0.2, -0.15) is 0 Å². The van der Waals surface area contributed by atoms with Gasteiger partial charge in [0.2, 0.25) is 0 Å². The molecule has 2 atom stereocenters. The van der Waals surface area contributed by atoms with Crippen molar-refractivity contribution < 1.29 is 4.39 Å². The molecule has 1 saturated carbocycles. The van der Waals surface area contributed by atoms with Crippen molar-refractivity contribution >= 4 is 5.69 Å². The van der Waals surface area contributed by atoms with E-state index in [9.17, 15) is 4.39 Å². The van der Waals surface area contributed by atoms with Crippen molar-refractivity contribution in [2.45, 2.75) is 46.1 Å². The van der Waals surface area contributed by atoms with Gasteiger partial charge >= 0.3 is 0 Å². The SMILES string of the molecule is CCN(c1cccc(F)c1)C1(CN)CC(C)(C)CC1C. The molecule has 0 bridgehead atoms. The maximum atomic E-state index is 13.6. The highest BCUT2D eigenvalue weighted by Crippen LogP contribution is 2.50. The first-order chi connectivity index (χ1) is 9.34. The van der Waals surface area contributed by atoms with Gasteiger partial charge in [-0.25, -0.2) is 4.39 Å². The van der Waals surface area contributed by atoms with E-state index in [2.05, 4.69) is 32.6 Å². The van der Waals surface area contributed by atoms with Gasteiger partial charge in [0.25, 0.3) is 0 Å². The molecule has 2 unspecified atom stereocenters. The van der Waals surface area contributed by atoms with E-state index in [1.54, 1.807) is 12.1 Å². The van der Waals surface area contributed by atoms with Crippen LogP contribution in [0, 0.1) is 17.2 Å². The number of hydrogen-bond donors (Lipinski definition) is 1. The molecule has 2 rings (SSSR count). The van der Waals surface area contributed by atoms with Crippen LogP contribution in [0.2, 0.25) is 0 Å². The van der Waals surface area contributed by atoms with E-state index < -0.39 is 0 Å². The Morgan fingerprint density at radius 3 is 2.55 bits per heavy atom. The van der Waals surface area contributed by atoms with E-state index in [0.29, 0.717) is 17.9 Å². The van der Waals surface area contributed by atoms with Crippen molar-refractivity contribution in [3.8, 4) is 0 Å². The molecule has 1 aromatic carbocycles. The lowest BCUT2D eigenvalue weighted by Crippen LogP contribution is -2.56. The average molecular weight is 278 g/mol. The first-order valence-electron chi connectivity index (χ1n) is 7.58. The Bertz CT molecular complexity index is 472. The van der Waals surface area contributed by atoms with Gasteiger partial charge < -0.3 is 10.6 Å². The molecule has 2 nitrogen and oxygen atoms in total. The summed E-state index contributed by atoms with van der Waals surface area (Å²) in [6.45, 7) is 10.5. The number of likely N-dealkylation sites (N-methyl/N-ethyl adjacent to an activating group) is 1. The first-order valence-corrected chi connectivity index (χ1v) is 7.58. The Balaban J connectivity index is 2.43. The van der Waals surface area contributed by atoms with Gasteiger partial charge in [0.05, 0.1) is 5.54 Å². The van der Waals surface area contributed by atoms with Crippen LogP contribution >= 0.6 is 0 Å². The number of halogens is 1. The Labute approximate surface area is 122 Å². The Morgan fingerprint density at radius 2 is 2.10 bits per heavy atom. The smallest absolute Gasteiger partial charge is 0.125 e. The summed E-state index contributed by atoms with van der Waals surface area (Å²) >= 11 is 0. The zero-order chi connectivity index (χ0) is 15.0. The molecule has 0 spiro atoms. The third kappa shape index (κ3) is 2.56. The van der Waals surface area contributed by atoms with Crippen molar-refractivity contribution in [3.05, 3.63) is 30.1 Å². The van der Waals surface area contributed by atoms with Gasteiger partial charge in [-0.15, -0.1) is 0 Å². The van der Waals surface area contributed by atoms with Crippen molar-refractivity contribution in [1.29, 1.82) is 0 Å². The molecule has 1 aliphatic carbocycles. The van der Waals surface area contributed by atoms with Gasteiger partial charge in [-0.1, -0.05) is 26.8 Å². The number of nitrogens with two attached hydrogens (primary N) is 1. The van der Waals surface area contributed by atoms with Gasteiger partial charge in [0, 0.05) is 18.8 Å². The molecule has 2 N–H and O–H groups in total. The number of nitrogens with zero attached hydrogens (tertiary/aromatic N) is 1. The lowest BCUT2D eigenvalue weighted by Gasteiger charge is -2.45. The third-order valence-electron chi connectivity index (χ3n) is 4.89. The molecule has 1 fully saturated rings. The lowest BCUT2D eigenvalue weighted by atomic mass is 9.84. The van der Waals surface area contributed by atoms with E-state index in [-0.39, 0.29) is 11.4 Å². The summed E-state index contributed by atoms with van der Waals surface area (Å²) in [5, 5.41) is 0. The molecule has 0 aliphatic heterocycles. The third-order valence-corrected chi connectivity index (χ3v) is 4.89. The highest BCUT2D eigenvalue weighted by Gasteiger charge is 2.50. The number of anilines is 1. The Hall–Kier alpha value is -1.09. The number of rotatable bonds is 4. The zero-order valence-electron chi connectivity index (χ0n) is 13.1. The van der Waals surface area contributed by atoms with Crippen LogP contribution in [0.3, 0.4) is 0 Å². The molecule has 1 aliphatic rings. The number of hydrogen-bond acceptors (Lipinski definition) is 2. The molecular weight excluding hydrogens is 251 g/mol. The summed E-state index contributed by atoms with van der Waals surface area (Å²) in [6, 6.07) is 6.89. The second-order valence-corrected chi connectivity index (χ2v) is 6.98. The van der Waals surface area contributed by atoms with Gasteiger partial charge in [-0.3, -0.25) is 0 Å². The van der Waals surface area contributed by atoms with Crippen LogP contribution in [0.15, 0.2) is 24.3 Å². The predicted octanol–water partition coefficient (Wildman–Crippen LogP) is 3.81. The van der Waals surface area contributed by atoms with E-state index in [1.807, 2.05) is 6.07 Å². The highest BCUT2D eigenvalue weighted by molar-refractivity contribution is 5.50. The van der Waals surface area contributed by atoms with Crippen LogP contribution in [0.25, 0.3) is 0 Å². The minimum absolute atomic E-state index is 0.0634. The number of benzene rings is 1. The summed E-state index contributed by atoms with van der Waals surface area (Å²) in [7, 11) is 0. The first kappa shape index (κ1) is 15.3. The molecule has 0 heterocycles. The lowest BCUT2D eigenvalue weighted by molar-refractivity contribution is 0.306. The predicted molar refractivity (Wildman–Crippen MR) is 83.4 cm³/mol.